The number of urea groups is 1. The molecule has 0 aliphatic rings. The van der Waals surface area contributed by atoms with Gasteiger partial charge in [-0.2, -0.15) is 0 Å². The molecule has 0 fully saturated rings. The molecule has 9 heteroatoms. The zero-order valence-electron chi connectivity index (χ0n) is 15.6. The van der Waals surface area contributed by atoms with Crippen LogP contribution in [0.2, 0.25) is 0 Å². The van der Waals surface area contributed by atoms with E-state index >= 15 is 0 Å². The quantitative estimate of drug-likeness (QED) is 0.626. The van der Waals surface area contributed by atoms with Crippen LogP contribution in [0.5, 0.6) is 11.5 Å². The molecule has 0 heterocycles. The van der Waals surface area contributed by atoms with Crippen molar-refractivity contribution in [3.8, 4) is 11.5 Å². The molecule has 0 aromatic heterocycles. The lowest BCUT2D eigenvalue weighted by molar-refractivity contribution is -0.123. The van der Waals surface area contributed by atoms with Gasteiger partial charge in [-0.1, -0.05) is 6.07 Å². The second kappa shape index (κ2) is 9.26. The van der Waals surface area contributed by atoms with Gasteiger partial charge in [-0.15, -0.1) is 0 Å². The Balaban J connectivity index is 2.02. The van der Waals surface area contributed by atoms with Gasteiger partial charge in [-0.3, -0.25) is 4.79 Å². The predicted octanol–water partition coefficient (Wildman–Crippen LogP) is 2.38. The summed E-state index contributed by atoms with van der Waals surface area (Å²) in [7, 11) is 2.99. The number of anilines is 2. The molecule has 2 aromatic rings. The zero-order chi connectivity index (χ0) is 20.7. The highest BCUT2D eigenvalue weighted by Gasteiger charge is 2.20. The summed E-state index contributed by atoms with van der Waals surface area (Å²) in [5.74, 6) is -0.275. The standard InChI is InChI=1S/C19H21N3O6/c1-11(17(23)21-14-7-8-15(26-2)16(10-14)27-3)28-18(24)12-5-4-6-13(9-12)22-19(20)25/h4-11H,1-3H3,(H,21,23)(H3,20,22,25)/t11-/m0/s1. The Bertz CT molecular complexity index is 884. The normalized spacial score (nSPS) is 11.1. The summed E-state index contributed by atoms with van der Waals surface area (Å²) in [6, 6.07) is 10.1. The lowest BCUT2D eigenvalue weighted by Gasteiger charge is -2.15. The van der Waals surface area contributed by atoms with Crippen LogP contribution in [0, 0.1) is 0 Å². The first-order chi connectivity index (χ1) is 13.3. The van der Waals surface area contributed by atoms with Crippen molar-refractivity contribution in [1.29, 1.82) is 0 Å². The van der Waals surface area contributed by atoms with E-state index in [1.807, 2.05) is 0 Å². The van der Waals surface area contributed by atoms with Gasteiger partial charge in [0.25, 0.3) is 5.91 Å². The van der Waals surface area contributed by atoms with Crippen LogP contribution in [0.3, 0.4) is 0 Å². The van der Waals surface area contributed by atoms with E-state index in [-0.39, 0.29) is 5.56 Å². The maximum atomic E-state index is 12.3. The number of carbonyl (C=O) groups is 3. The van der Waals surface area contributed by atoms with E-state index in [4.69, 9.17) is 19.9 Å². The minimum atomic E-state index is -1.06. The second-order valence-electron chi connectivity index (χ2n) is 5.68. The average molecular weight is 387 g/mol. The number of nitrogens with two attached hydrogens (primary N) is 1. The first-order valence-corrected chi connectivity index (χ1v) is 8.24. The molecular weight excluding hydrogens is 366 g/mol. The smallest absolute Gasteiger partial charge is 0.338 e. The number of methoxy groups -OCH3 is 2. The zero-order valence-corrected chi connectivity index (χ0v) is 15.6. The molecule has 4 N–H and O–H groups in total. The van der Waals surface area contributed by atoms with Crippen molar-refractivity contribution < 1.29 is 28.6 Å². The maximum absolute atomic E-state index is 12.3. The van der Waals surface area contributed by atoms with Crippen LogP contribution < -0.4 is 25.8 Å². The fourth-order valence-corrected chi connectivity index (χ4v) is 2.31. The van der Waals surface area contributed by atoms with Crippen LogP contribution in [0.15, 0.2) is 42.5 Å². The second-order valence-corrected chi connectivity index (χ2v) is 5.68. The van der Waals surface area contributed by atoms with E-state index in [2.05, 4.69) is 10.6 Å². The Morgan fingerprint density at radius 1 is 0.929 bits per heavy atom. The van der Waals surface area contributed by atoms with E-state index in [1.165, 1.54) is 33.3 Å². The molecule has 0 aliphatic heterocycles. The van der Waals surface area contributed by atoms with Crippen molar-refractivity contribution in [2.75, 3.05) is 24.9 Å². The fraction of sp³-hybridized carbons (Fsp3) is 0.211. The van der Waals surface area contributed by atoms with Gasteiger partial charge in [-0.25, -0.2) is 9.59 Å². The van der Waals surface area contributed by atoms with E-state index in [9.17, 15) is 14.4 Å². The van der Waals surface area contributed by atoms with Crippen molar-refractivity contribution >= 4 is 29.3 Å². The van der Waals surface area contributed by atoms with E-state index in [0.717, 1.165) is 0 Å². The van der Waals surface area contributed by atoms with Crippen LogP contribution in [0.1, 0.15) is 17.3 Å². The highest BCUT2D eigenvalue weighted by Crippen LogP contribution is 2.29. The van der Waals surface area contributed by atoms with Crippen molar-refractivity contribution in [2.24, 2.45) is 5.73 Å². The number of carbonyl (C=O) groups excluding carboxylic acids is 3. The minimum absolute atomic E-state index is 0.164. The number of hydrogen-bond acceptors (Lipinski definition) is 6. The minimum Gasteiger partial charge on any atom is -0.493 e. The summed E-state index contributed by atoms with van der Waals surface area (Å²) in [5, 5.41) is 5.00. The molecule has 9 nitrogen and oxygen atoms in total. The monoisotopic (exact) mass is 387 g/mol. The van der Waals surface area contributed by atoms with Crippen molar-refractivity contribution in [3.63, 3.8) is 0 Å². The molecule has 3 amide bonds. The summed E-state index contributed by atoms with van der Waals surface area (Å²) in [5.41, 5.74) is 6.01. The average Bonchev–Trinajstić information content (AvgIpc) is 2.67. The molecule has 1 atom stereocenters. The van der Waals surface area contributed by atoms with Crippen LogP contribution in [0.4, 0.5) is 16.2 Å². The fourth-order valence-electron chi connectivity index (χ4n) is 2.31. The highest BCUT2D eigenvalue weighted by atomic mass is 16.5. The number of benzene rings is 2. The summed E-state index contributed by atoms with van der Waals surface area (Å²) in [6.07, 6.45) is -1.06. The summed E-state index contributed by atoms with van der Waals surface area (Å²) in [4.78, 5) is 35.5. The Labute approximate surface area is 161 Å². The van der Waals surface area contributed by atoms with E-state index in [0.29, 0.717) is 22.9 Å². The Morgan fingerprint density at radius 2 is 1.61 bits per heavy atom. The number of ether oxygens (including phenoxy) is 3. The summed E-state index contributed by atoms with van der Waals surface area (Å²) in [6.45, 7) is 1.44. The van der Waals surface area contributed by atoms with Gasteiger partial charge in [0.05, 0.1) is 19.8 Å². The Kier molecular flexibility index (Phi) is 6.80. The van der Waals surface area contributed by atoms with Crippen molar-refractivity contribution in [3.05, 3.63) is 48.0 Å². The topological polar surface area (TPSA) is 129 Å². The maximum Gasteiger partial charge on any atom is 0.338 e. The number of amides is 3. The molecule has 2 rings (SSSR count). The molecule has 28 heavy (non-hydrogen) atoms. The van der Waals surface area contributed by atoms with Crippen molar-refractivity contribution in [2.45, 2.75) is 13.0 Å². The summed E-state index contributed by atoms with van der Waals surface area (Å²) < 4.78 is 15.5. The molecule has 0 aliphatic carbocycles. The number of nitrogens with one attached hydrogen (secondary N) is 2. The summed E-state index contributed by atoms with van der Waals surface area (Å²) >= 11 is 0. The van der Waals surface area contributed by atoms with Gasteiger partial charge < -0.3 is 30.6 Å². The lowest BCUT2D eigenvalue weighted by atomic mass is 10.2. The number of hydrogen-bond donors (Lipinski definition) is 3. The van der Waals surface area contributed by atoms with Crippen LogP contribution in [0.25, 0.3) is 0 Å². The molecular formula is C19H21N3O6. The van der Waals surface area contributed by atoms with Gasteiger partial charge >= 0.3 is 12.0 Å². The number of rotatable bonds is 7. The molecule has 0 radical (unpaired) electrons. The van der Waals surface area contributed by atoms with Crippen LogP contribution >= 0.6 is 0 Å². The largest absolute Gasteiger partial charge is 0.493 e. The van der Waals surface area contributed by atoms with Gasteiger partial charge in [0.1, 0.15) is 0 Å². The Hall–Kier alpha value is -3.75. The molecule has 0 saturated heterocycles. The third-order valence-electron chi connectivity index (χ3n) is 3.67. The van der Waals surface area contributed by atoms with Crippen molar-refractivity contribution in [1.82, 2.24) is 0 Å². The first kappa shape index (κ1) is 20.6. The molecule has 0 spiro atoms. The van der Waals surface area contributed by atoms with E-state index in [1.54, 1.807) is 30.3 Å². The third kappa shape index (κ3) is 5.37. The highest BCUT2D eigenvalue weighted by molar-refractivity contribution is 5.98. The predicted molar refractivity (Wildman–Crippen MR) is 103 cm³/mol. The van der Waals surface area contributed by atoms with Gasteiger partial charge in [0, 0.05) is 17.4 Å². The van der Waals surface area contributed by atoms with Gasteiger partial charge in [-0.05, 0) is 37.3 Å². The molecule has 0 saturated carbocycles. The molecule has 148 valence electrons. The van der Waals surface area contributed by atoms with Crippen LogP contribution in [-0.4, -0.2) is 38.2 Å². The number of esters is 1. The SMILES string of the molecule is COc1ccc(NC(=O)[C@H](C)OC(=O)c2cccc(NC(N)=O)c2)cc1OC. The first-order valence-electron chi connectivity index (χ1n) is 8.24. The lowest BCUT2D eigenvalue weighted by Crippen LogP contribution is -2.30. The van der Waals surface area contributed by atoms with E-state index < -0.39 is 24.0 Å². The van der Waals surface area contributed by atoms with Gasteiger partial charge in [0.15, 0.2) is 17.6 Å². The van der Waals surface area contributed by atoms with Crippen LogP contribution in [-0.2, 0) is 9.53 Å². The molecule has 0 bridgehead atoms. The Morgan fingerprint density at radius 3 is 2.25 bits per heavy atom. The third-order valence-corrected chi connectivity index (χ3v) is 3.67. The molecule has 2 aromatic carbocycles. The molecule has 0 unspecified atom stereocenters. The van der Waals surface area contributed by atoms with Gasteiger partial charge in [0.2, 0.25) is 0 Å². The number of primary amides is 1.